The van der Waals surface area contributed by atoms with Crippen LogP contribution in [0.3, 0.4) is 0 Å². The van der Waals surface area contributed by atoms with Crippen molar-refractivity contribution < 1.29 is 22.8 Å². The van der Waals surface area contributed by atoms with Gasteiger partial charge in [-0.2, -0.15) is 0 Å². The summed E-state index contributed by atoms with van der Waals surface area (Å²) in [5.41, 5.74) is 4.60. The van der Waals surface area contributed by atoms with Crippen molar-refractivity contribution in [3.63, 3.8) is 0 Å². The SMILES string of the molecule is O=C(CCNC(=O)c1cccs1)NNC(=O)c1ccccc1NS(=O)(=O)c1cccs1. The van der Waals surface area contributed by atoms with Gasteiger partial charge < -0.3 is 5.32 Å². The molecule has 0 fully saturated rings. The molecule has 12 heteroatoms. The number of hydrazine groups is 1. The fourth-order valence-electron chi connectivity index (χ4n) is 2.42. The molecule has 3 aromatic rings. The number of thiophene rings is 2. The minimum absolute atomic E-state index is 0.0360. The van der Waals surface area contributed by atoms with Gasteiger partial charge in [0.25, 0.3) is 21.8 Å². The number of sulfonamides is 1. The van der Waals surface area contributed by atoms with Gasteiger partial charge in [0, 0.05) is 13.0 Å². The highest BCUT2D eigenvalue weighted by Crippen LogP contribution is 2.22. The number of hydrogen-bond donors (Lipinski definition) is 4. The second kappa shape index (κ2) is 10.2. The molecule has 0 spiro atoms. The summed E-state index contributed by atoms with van der Waals surface area (Å²) in [6.07, 6.45) is -0.0515. The molecule has 0 aliphatic carbocycles. The molecular formula is C19H18N4O5S3. The average molecular weight is 479 g/mol. The van der Waals surface area contributed by atoms with Crippen molar-refractivity contribution >= 4 is 56.1 Å². The molecule has 31 heavy (non-hydrogen) atoms. The van der Waals surface area contributed by atoms with Crippen molar-refractivity contribution in [3.05, 3.63) is 69.7 Å². The van der Waals surface area contributed by atoms with Crippen LogP contribution in [0.15, 0.2) is 63.5 Å². The highest BCUT2D eigenvalue weighted by Gasteiger charge is 2.19. The number of rotatable bonds is 8. The second-order valence-corrected chi connectivity index (χ2v) is 9.87. The Bertz CT molecular complexity index is 1160. The van der Waals surface area contributed by atoms with Crippen LogP contribution < -0.4 is 20.9 Å². The lowest BCUT2D eigenvalue weighted by Gasteiger charge is -2.12. The van der Waals surface area contributed by atoms with Gasteiger partial charge in [-0.25, -0.2) is 8.42 Å². The smallest absolute Gasteiger partial charge is 0.271 e. The zero-order chi connectivity index (χ0) is 22.3. The van der Waals surface area contributed by atoms with Gasteiger partial charge in [0.15, 0.2) is 0 Å². The maximum Gasteiger partial charge on any atom is 0.271 e. The van der Waals surface area contributed by atoms with E-state index in [1.165, 1.54) is 29.5 Å². The molecule has 162 valence electrons. The Kier molecular flexibility index (Phi) is 7.39. The zero-order valence-electron chi connectivity index (χ0n) is 16.0. The molecule has 0 radical (unpaired) electrons. The number of para-hydroxylation sites is 1. The fraction of sp³-hybridized carbons (Fsp3) is 0.105. The molecule has 3 rings (SSSR count). The molecule has 0 atom stereocenters. The van der Waals surface area contributed by atoms with Gasteiger partial charge in [-0.1, -0.05) is 24.3 Å². The van der Waals surface area contributed by atoms with Crippen molar-refractivity contribution in [3.8, 4) is 0 Å². The third-order valence-electron chi connectivity index (χ3n) is 3.87. The van der Waals surface area contributed by atoms with Gasteiger partial charge in [0.2, 0.25) is 5.91 Å². The van der Waals surface area contributed by atoms with Crippen LogP contribution in [0, 0.1) is 0 Å². The van der Waals surface area contributed by atoms with Crippen LogP contribution in [0.2, 0.25) is 0 Å². The molecular weight excluding hydrogens is 460 g/mol. The third kappa shape index (κ3) is 6.13. The Hall–Kier alpha value is -3.22. The van der Waals surface area contributed by atoms with Gasteiger partial charge >= 0.3 is 0 Å². The van der Waals surface area contributed by atoms with E-state index in [0.29, 0.717) is 4.88 Å². The first-order chi connectivity index (χ1) is 14.9. The maximum absolute atomic E-state index is 12.5. The van der Waals surface area contributed by atoms with Crippen LogP contribution in [0.25, 0.3) is 0 Å². The molecule has 1 aromatic carbocycles. The lowest BCUT2D eigenvalue weighted by molar-refractivity contribution is -0.121. The molecule has 0 saturated heterocycles. The maximum atomic E-state index is 12.5. The largest absolute Gasteiger partial charge is 0.351 e. The first kappa shape index (κ1) is 22.5. The summed E-state index contributed by atoms with van der Waals surface area (Å²) in [6, 6.07) is 12.5. The monoisotopic (exact) mass is 478 g/mol. The highest BCUT2D eigenvalue weighted by molar-refractivity contribution is 7.94. The number of nitrogens with one attached hydrogen (secondary N) is 4. The molecule has 0 aliphatic rings. The van der Waals surface area contributed by atoms with Crippen LogP contribution in [0.1, 0.15) is 26.5 Å². The molecule has 0 unspecified atom stereocenters. The number of carbonyl (C=O) groups is 3. The van der Waals surface area contributed by atoms with Crippen LogP contribution in [0.4, 0.5) is 5.69 Å². The van der Waals surface area contributed by atoms with Gasteiger partial charge in [-0.05, 0) is 35.0 Å². The van der Waals surface area contributed by atoms with Gasteiger partial charge in [0.05, 0.1) is 16.1 Å². The number of amides is 3. The number of hydrogen-bond acceptors (Lipinski definition) is 7. The van der Waals surface area contributed by atoms with Gasteiger partial charge in [0.1, 0.15) is 4.21 Å². The van der Waals surface area contributed by atoms with Crippen LogP contribution in [-0.2, 0) is 14.8 Å². The Labute approximate surface area is 186 Å². The standard InChI is InChI=1S/C19H18N4O5S3/c24-16(9-10-20-19(26)15-7-3-11-29-15)21-22-18(25)13-5-1-2-6-14(13)23-31(27,28)17-8-4-12-30-17/h1-8,11-12,23H,9-10H2,(H,20,26)(H,21,24)(H,22,25). The summed E-state index contributed by atoms with van der Waals surface area (Å²) >= 11 is 2.34. The minimum atomic E-state index is -3.83. The molecule has 2 heterocycles. The van der Waals surface area contributed by atoms with E-state index in [2.05, 4.69) is 20.9 Å². The molecule has 2 aromatic heterocycles. The van der Waals surface area contributed by atoms with E-state index in [1.807, 2.05) is 0 Å². The van der Waals surface area contributed by atoms with Crippen molar-refractivity contribution in [1.82, 2.24) is 16.2 Å². The molecule has 9 nitrogen and oxygen atoms in total. The van der Waals surface area contributed by atoms with Crippen molar-refractivity contribution in [2.75, 3.05) is 11.3 Å². The molecule has 3 amide bonds. The van der Waals surface area contributed by atoms with Gasteiger partial charge in [-0.15, -0.1) is 22.7 Å². The van der Waals surface area contributed by atoms with Crippen molar-refractivity contribution in [2.45, 2.75) is 10.6 Å². The Morgan fingerprint density at radius 3 is 2.29 bits per heavy atom. The predicted molar refractivity (Wildman–Crippen MR) is 118 cm³/mol. The van der Waals surface area contributed by atoms with Gasteiger partial charge in [-0.3, -0.25) is 30.0 Å². The Balaban J connectivity index is 1.52. The average Bonchev–Trinajstić information content (AvgIpc) is 3.46. The number of anilines is 1. The zero-order valence-corrected chi connectivity index (χ0v) is 18.4. The molecule has 0 aliphatic heterocycles. The predicted octanol–water partition coefficient (Wildman–Crippen LogP) is 2.19. The highest BCUT2D eigenvalue weighted by atomic mass is 32.2. The summed E-state index contributed by atoms with van der Waals surface area (Å²) in [5, 5.41) is 6.01. The van der Waals surface area contributed by atoms with Crippen LogP contribution >= 0.6 is 22.7 Å². The lowest BCUT2D eigenvalue weighted by Crippen LogP contribution is -2.43. The van der Waals surface area contributed by atoms with E-state index in [9.17, 15) is 22.8 Å². The summed E-state index contributed by atoms with van der Waals surface area (Å²) in [6.45, 7) is 0.0929. The van der Waals surface area contributed by atoms with Crippen molar-refractivity contribution in [1.29, 1.82) is 0 Å². The van der Waals surface area contributed by atoms with E-state index in [1.54, 1.807) is 41.1 Å². The topological polar surface area (TPSA) is 133 Å². The molecule has 4 N–H and O–H groups in total. The second-order valence-electron chi connectivity index (χ2n) is 6.07. The lowest BCUT2D eigenvalue weighted by atomic mass is 10.2. The van der Waals surface area contributed by atoms with E-state index in [0.717, 1.165) is 11.3 Å². The van der Waals surface area contributed by atoms with E-state index >= 15 is 0 Å². The molecule has 0 bridgehead atoms. The van der Waals surface area contributed by atoms with Crippen LogP contribution in [0.5, 0.6) is 0 Å². The fourth-order valence-corrected chi connectivity index (χ4v) is 5.14. The minimum Gasteiger partial charge on any atom is -0.351 e. The first-order valence-electron chi connectivity index (χ1n) is 8.93. The van der Waals surface area contributed by atoms with Crippen LogP contribution in [-0.4, -0.2) is 32.7 Å². The Morgan fingerprint density at radius 1 is 0.839 bits per heavy atom. The third-order valence-corrected chi connectivity index (χ3v) is 7.51. The number of carbonyl (C=O) groups excluding carboxylic acids is 3. The van der Waals surface area contributed by atoms with E-state index < -0.39 is 21.8 Å². The first-order valence-corrected chi connectivity index (χ1v) is 12.2. The summed E-state index contributed by atoms with van der Waals surface area (Å²) in [4.78, 5) is 36.7. The normalized spacial score (nSPS) is 10.8. The Morgan fingerprint density at radius 2 is 1.58 bits per heavy atom. The summed E-state index contributed by atoms with van der Waals surface area (Å²) < 4.78 is 27.3. The summed E-state index contributed by atoms with van der Waals surface area (Å²) in [7, 11) is -3.83. The summed E-state index contributed by atoms with van der Waals surface area (Å²) in [5.74, 6) is -1.49. The molecule has 0 saturated carbocycles. The quantitative estimate of drug-likeness (QED) is 0.368. The van der Waals surface area contributed by atoms with E-state index in [-0.39, 0.29) is 34.3 Å². The number of benzene rings is 1. The van der Waals surface area contributed by atoms with E-state index in [4.69, 9.17) is 0 Å². The van der Waals surface area contributed by atoms with Crippen molar-refractivity contribution in [2.24, 2.45) is 0 Å².